The Kier molecular flexibility index (Phi) is 6.78. The van der Waals surface area contributed by atoms with Crippen molar-refractivity contribution in [1.82, 2.24) is 10.2 Å². The van der Waals surface area contributed by atoms with Crippen LogP contribution in [0.4, 0.5) is 0 Å². The molecular weight excluding hydrogens is 448 g/mol. The minimum atomic E-state index is -0.327. The smallest absolute Gasteiger partial charge is 0.228 e. The van der Waals surface area contributed by atoms with Crippen LogP contribution in [-0.2, 0) is 21.6 Å². The SMILES string of the molecule is COc1cccc2c1COC[C@]21CNCC1C(=O)N1CC[C@@H](c2ccccc2)C[C@H]1C1CCCCC1. The van der Waals surface area contributed by atoms with E-state index in [2.05, 4.69) is 52.7 Å². The Morgan fingerprint density at radius 3 is 2.69 bits per heavy atom. The first-order valence-electron chi connectivity index (χ1n) is 14.0. The number of fused-ring (bicyclic) bond motifs is 2. The highest BCUT2D eigenvalue weighted by Gasteiger charge is 2.53. The molecule has 5 heteroatoms. The zero-order valence-electron chi connectivity index (χ0n) is 21.6. The van der Waals surface area contributed by atoms with Gasteiger partial charge in [-0.3, -0.25) is 4.79 Å². The number of methoxy groups -OCH3 is 1. The maximum Gasteiger partial charge on any atom is 0.228 e. The van der Waals surface area contributed by atoms with Gasteiger partial charge in [0.15, 0.2) is 0 Å². The van der Waals surface area contributed by atoms with Crippen molar-refractivity contribution in [3.63, 3.8) is 0 Å². The molecule has 6 rings (SSSR count). The lowest BCUT2D eigenvalue weighted by Gasteiger charge is -2.48. The monoisotopic (exact) mass is 488 g/mol. The van der Waals surface area contributed by atoms with E-state index in [0.29, 0.717) is 37.0 Å². The number of nitrogens with one attached hydrogen (secondary N) is 1. The van der Waals surface area contributed by atoms with Crippen molar-refractivity contribution >= 4 is 5.91 Å². The molecule has 2 aromatic rings. The first kappa shape index (κ1) is 24.0. The molecule has 1 saturated carbocycles. The molecule has 3 aliphatic heterocycles. The highest BCUT2D eigenvalue weighted by atomic mass is 16.5. The van der Waals surface area contributed by atoms with Gasteiger partial charge in [-0.15, -0.1) is 0 Å². The van der Waals surface area contributed by atoms with Crippen LogP contribution in [0.2, 0.25) is 0 Å². The third-order valence-electron chi connectivity index (χ3n) is 9.64. The summed E-state index contributed by atoms with van der Waals surface area (Å²) in [5.41, 5.74) is 3.46. The number of carbonyl (C=O) groups is 1. The number of amides is 1. The summed E-state index contributed by atoms with van der Waals surface area (Å²) in [6.07, 6.45) is 8.59. The number of hydrogen-bond donors (Lipinski definition) is 1. The molecule has 3 heterocycles. The van der Waals surface area contributed by atoms with E-state index in [-0.39, 0.29) is 11.3 Å². The number of hydrogen-bond acceptors (Lipinski definition) is 4. The molecule has 1 unspecified atom stereocenters. The van der Waals surface area contributed by atoms with Crippen molar-refractivity contribution in [3.05, 3.63) is 65.2 Å². The number of carbonyl (C=O) groups excluding carboxylic acids is 1. The highest BCUT2D eigenvalue weighted by Crippen LogP contribution is 2.46. The molecule has 3 fully saturated rings. The van der Waals surface area contributed by atoms with Crippen molar-refractivity contribution in [1.29, 1.82) is 0 Å². The summed E-state index contributed by atoms with van der Waals surface area (Å²) in [4.78, 5) is 16.9. The third kappa shape index (κ3) is 4.14. The molecule has 36 heavy (non-hydrogen) atoms. The molecule has 0 bridgehead atoms. The van der Waals surface area contributed by atoms with Crippen LogP contribution in [0.25, 0.3) is 0 Å². The summed E-state index contributed by atoms with van der Waals surface area (Å²) in [7, 11) is 1.72. The van der Waals surface area contributed by atoms with Gasteiger partial charge < -0.3 is 19.7 Å². The average molecular weight is 489 g/mol. The largest absolute Gasteiger partial charge is 0.496 e. The molecule has 2 aromatic carbocycles. The number of likely N-dealkylation sites (tertiary alicyclic amines) is 1. The topological polar surface area (TPSA) is 50.8 Å². The fourth-order valence-electron chi connectivity index (χ4n) is 7.77. The van der Waals surface area contributed by atoms with Crippen molar-refractivity contribution in [2.45, 2.75) is 68.9 Å². The molecule has 1 spiro atoms. The fraction of sp³-hybridized carbons (Fsp3) is 0.581. The number of piperidine rings is 1. The van der Waals surface area contributed by atoms with Crippen molar-refractivity contribution in [2.24, 2.45) is 11.8 Å². The van der Waals surface area contributed by atoms with Gasteiger partial charge in [-0.2, -0.15) is 0 Å². The molecule has 2 saturated heterocycles. The summed E-state index contributed by atoms with van der Waals surface area (Å²) in [5.74, 6) is 2.26. The Morgan fingerprint density at radius 1 is 1.06 bits per heavy atom. The van der Waals surface area contributed by atoms with Crippen LogP contribution in [0.15, 0.2) is 48.5 Å². The second-order valence-electron chi connectivity index (χ2n) is 11.4. The molecule has 4 atom stereocenters. The van der Waals surface area contributed by atoms with Gasteiger partial charge in [0, 0.05) is 36.7 Å². The Balaban J connectivity index is 1.31. The predicted molar refractivity (Wildman–Crippen MR) is 141 cm³/mol. The van der Waals surface area contributed by atoms with Gasteiger partial charge in [-0.25, -0.2) is 0 Å². The zero-order valence-corrected chi connectivity index (χ0v) is 21.6. The Bertz CT molecular complexity index is 1070. The Hall–Kier alpha value is -2.37. The standard InChI is InChI=1S/C31H40N2O3/c1-35-29-14-8-13-26-25(29)19-36-21-31(26)20-32-18-27(31)30(34)33-16-15-24(22-9-4-2-5-10-22)17-28(33)23-11-6-3-7-12-23/h2,4-5,8-10,13-14,23-24,27-28,32H,3,6-7,11-12,15-21H2,1H3/t24-,27?,28+,31-/m1/s1. The Labute approximate surface area is 215 Å². The first-order chi connectivity index (χ1) is 17.7. The summed E-state index contributed by atoms with van der Waals surface area (Å²) in [5, 5.41) is 3.59. The summed E-state index contributed by atoms with van der Waals surface area (Å²) in [6, 6.07) is 17.6. The minimum absolute atomic E-state index is 0.108. The predicted octanol–water partition coefficient (Wildman–Crippen LogP) is 5.04. The maximum absolute atomic E-state index is 14.5. The molecule has 0 radical (unpaired) electrons. The van der Waals surface area contributed by atoms with Gasteiger partial charge in [0.25, 0.3) is 0 Å². The fourth-order valence-corrected chi connectivity index (χ4v) is 7.77. The lowest BCUT2D eigenvalue weighted by atomic mass is 9.68. The van der Waals surface area contributed by atoms with Gasteiger partial charge in [0.05, 0.1) is 26.2 Å². The summed E-state index contributed by atoms with van der Waals surface area (Å²) >= 11 is 0. The van der Waals surface area contributed by atoms with Crippen molar-refractivity contribution < 1.29 is 14.3 Å². The number of benzene rings is 2. The van der Waals surface area contributed by atoms with E-state index in [1.807, 2.05) is 6.07 Å². The summed E-state index contributed by atoms with van der Waals surface area (Å²) < 4.78 is 11.9. The van der Waals surface area contributed by atoms with Gasteiger partial charge in [0.2, 0.25) is 5.91 Å². The van der Waals surface area contributed by atoms with Crippen LogP contribution in [0.5, 0.6) is 5.75 Å². The maximum atomic E-state index is 14.5. The molecule has 192 valence electrons. The highest BCUT2D eigenvalue weighted by molar-refractivity contribution is 5.82. The molecule has 0 aromatic heterocycles. The quantitative estimate of drug-likeness (QED) is 0.655. The van der Waals surface area contributed by atoms with Gasteiger partial charge >= 0.3 is 0 Å². The second-order valence-corrected chi connectivity index (χ2v) is 11.4. The molecule has 5 nitrogen and oxygen atoms in total. The zero-order chi connectivity index (χ0) is 24.5. The van der Waals surface area contributed by atoms with Crippen molar-refractivity contribution in [3.8, 4) is 5.75 Å². The van der Waals surface area contributed by atoms with Crippen LogP contribution in [0.3, 0.4) is 0 Å². The number of ether oxygens (including phenoxy) is 2. The molecule has 1 amide bonds. The number of nitrogens with zero attached hydrogens (tertiary/aromatic N) is 1. The minimum Gasteiger partial charge on any atom is -0.496 e. The van der Waals surface area contributed by atoms with E-state index in [1.165, 1.54) is 43.2 Å². The lowest BCUT2D eigenvalue weighted by Crippen LogP contribution is -2.56. The molecular formula is C31H40N2O3. The van der Waals surface area contributed by atoms with Gasteiger partial charge in [0.1, 0.15) is 5.75 Å². The van der Waals surface area contributed by atoms with Crippen LogP contribution < -0.4 is 10.1 Å². The Morgan fingerprint density at radius 2 is 1.89 bits per heavy atom. The third-order valence-corrected chi connectivity index (χ3v) is 9.64. The van der Waals surface area contributed by atoms with E-state index < -0.39 is 0 Å². The first-order valence-corrected chi connectivity index (χ1v) is 14.0. The number of rotatable bonds is 4. The van der Waals surface area contributed by atoms with E-state index in [9.17, 15) is 4.79 Å². The average Bonchev–Trinajstić information content (AvgIpc) is 3.37. The van der Waals surface area contributed by atoms with Crippen LogP contribution >= 0.6 is 0 Å². The van der Waals surface area contributed by atoms with Gasteiger partial charge in [-0.05, 0) is 54.7 Å². The van der Waals surface area contributed by atoms with Crippen LogP contribution in [0, 0.1) is 11.8 Å². The molecule has 4 aliphatic rings. The molecule has 1 aliphatic carbocycles. The molecule has 1 N–H and O–H groups in total. The van der Waals surface area contributed by atoms with Crippen LogP contribution in [-0.4, -0.2) is 50.2 Å². The van der Waals surface area contributed by atoms with E-state index in [0.717, 1.165) is 43.8 Å². The lowest BCUT2D eigenvalue weighted by molar-refractivity contribution is -0.144. The normalized spacial score (nSPS) is 30.8. The van der Waals surface area contributed by atoms with Crippen LogP contribution in [0.1, 0.15) is 67.6 Å². The van der Waals surface area contributed by atoms with E-state index in [4.69, 9.17) is 9.47 Å². The van der Waals surface area contributed by atoms with E-state index >= 15 is 0 Å². The van der Waals surface area contributed by atoms with Crippen molar-refractivity contribution in [2.75, 3.05) is 33.4 Å². The second kappa shape index (κ2) is 10.2. The van der Waals surface area contributed by atoms with E-state index in [1.54, 1.807) is 7.11 Å². The van der Waals surface area contributed by atoms with Gasteiger partial charge in [-0.1, -0.05) is 61.7 Å². The summed E-state index contributed by atoms with van der Waals surface area (Å²) in [6.45, 7) is 3.49.